The van der Waals surface area contributed by atoms with Crippen molar-refractivity contribution in [3.05, 3.63) is 12.7 Å². The van der Waals surface area contributed by atoms with E-state index in [1.54, 1.807) is 0 Å². The summed E-state index contributed by atoms with van der Waals surface area (Å²) in [6, 6.07) is 0. The maximum atomic E-state index is 3.72. The van der Waals surface area contributed by atoms with Gasteiger partial charge in [0.2, 0.25) is 0 Å². The summed E-state index contributed by atoms with van der Waals surface area (Å²) in [7, 11) is 4.16. The second-order valence-corrected chi connectivity index (χ2v) is 3.57. The molecule has 0 radical (unpaired) electrons. The molecule has 0 heterocycles. The molecule has 0 atom stereocenters. The first-order valence-electron chi connectivity index (χ1n) is 5.25. The zero-order chi connectivity index (χ0) is 9.94. The number of hydrogen-bond acceptors (Lipinski definition) is 2. The topological polar surface area (TPSA) is 15.3 Å². The van der Waals surface area contributed by atoms with E-state index in [0.29, 0.717) is 0 Å². The second-order valence-electron chi connectivity index (χ2n) is 3.57. The Labute approximate surface area is 83.0 Å². The largest absolute Gasteiger partial charge is 0.320 e. The van der Waals surface area contributed by atoms with Gasteiger partial charge in [0.05, 0.1) is 0 Å². The highest BCUT2D eigenvalue weighted by Crippen LogP contribution is 2.00. The molecule has 0 aromatic carbocycles. The zero-order valence-corrected chi connectivity index (χ0v) is 9.18. The molecule has 0 rings (SSSR count). The maximum Gasteiger partial charge on any atom is 0.0157 e. The van der Waals surface area contributed by atoms with E-state index in [1.807, 2.05) is 13.1 Å². The zero-order valence-electron chi connectivity index (χ0n) is 9.18. The summed E-state index contributed by atoms with van der Waals surface area (Å²) in [6.45, 7) is 7.09. The average Bonchev–Trinajstić information content (AvgIpc) is 2.11. The SMILES string of the molecule is C=CCN(C)CCCCCCNC. The number of likely N-dealkylation sites (N-methyl/N-ethyl adjacent to an activating group) is 1. The highest BCUT2D eigenvalue weighted by Gasteiger charge is 1.94. The van der Waals surface area contributed by atoms with Gasteiger partial charge in [-0.25, -0.2) is 0 Å². The molecular weight excluding hydrogens is 160 g/mol. The van der Waals surface area contributed by atoms with Crippen molar-refractivity contribution in [1.82, 2.24) is 10.2 Å². The van der Waals surface area contributed by atoms with Gasteiger partial charge >= 0.3 is 0 Å². The third-order valence-corrected chi connectivity index (χ3v) is 2.16. The van der Waals surface area contributed by atoms with Crippen LogP contribution < -0.4 is 5.32 Å². The molecule has 0 saturated heterocycles. The van der Waals surface area contributed by atoms with Gasteiger partial charge in [0.25, 0.3) is 0 Å². The van der Waals surface area contributed by atoms with Gasteiger partial charge in [0.1, 0.15) is 0 Å². The third-order valence-electron chi connectivity index (χ3n) is 2.16. The number of nitrogens with zero attached hydrogens (tertiary/aromatic N) is 1. The van der Waals surface area contributed by atoms with E-state index in [2.05, 4.69) is 23.8 Å². The Morgan fingerprint density at radius 1 is 1.23 bits per heavy atom. The quantitative estimate of drug-likeness (QED) is 0.435. The van der Waals surface area contributed by atoms with Gasteiger partial charge in [-0.2, -0.15) is 0 Å². The smallest absolute Gasteiger partial charge is 0.0157 e. The van der Waals surface area contributed by atoms with Gasteiger partial charge in [-0.3, -0.25) is 0 Å². The molecule has 0 aromatic rings. The molecule has 0 saturated carbocycles. The van der Waals surface area contributed by atoms with E-state index in [4.69, 9.17) is 0 Å². The van der Waals surface area contributed by atoms with Crippen LogP contribution in [0.3, 0.4) is 0 Å². The minimum Gasteiger partial charge on any atom is -0.320 e. The fourth-order valence-electron chi connectivity index (χ4n) is 1.35. The molecule has 0 amide bonds. The minimum absolute atomic E-state index is 1.01. The van der Waals surface area contributed by atoms with Crippen molar-refractivity contribution in [2.24, 2.45) is 0 Å². The first kappa shape index (κ1) is 12.7. The summed E-state index contributed by atoms with van der Waals surface area (Å²) < 4.78 is 0. The lowest BCUT2D eigenvalue weighted by Crippen LogP contribution is -2.19. The Balaban J connectivity index is 3.01. The summed E-state index contributed by atoms with van der Waals surface area (Å²) in [5.74, 6) is 0. The van der Waals surface area contributed by atoms with Crippen LogP contribution in [-0.4, -0.2) is 38.6 Å². The molecule has 2 nitrogen and oxygen atoms in total. The molecule has 0 aliphatic heterocycles. The Morgan fingerprint density at radius 3 is 2.54 bits per heavy atom. The average molecular weight is 184 g/mol. The van der Waals surface area contributed by atoms with Crippen molar-refractivity contribution >= 4 is 0 Å². The molecule has 0 aromatic heterocycles. The summed E-state index contributed by atoms with van der Waals surface area (Å²) in [6.07, 6.45) is 7.28. The summed E-state index contributed by atoms with van der Waals surface area (Å²) in [5.41, 5.74) is 0. The van der Waals surface area contributed by atoms with Crippen molar-refractivity contribution in [3.63, 3.8) is 0 Å². The summed E-state index contributed by atoms with van der Waals surface area (Å²) in [5, 5.41) is 3.16. The number of rotatable bonds is 9. The van der Waals surface area contributed by atoms with Crippen molar-refractivity contribution < 1.29 is 0 Å². The third kappa shape index (κ3) is 9.57. The monoisotopic (exact) mass is 184 g/mol. The van der Waals surface area contributed by atoms with Crippen LogP contribution in [0.25, 0.3) is 0 Å². The molecule has 0 spiro atoms. The van der Waals surface area contributed by atoms with E-state index in [1.165, 1.54) is 32.2 Å². The molecule has 0 fully saturated rings. The van der Waals surface area contributed by atoms with E-state index in [9.17, 15) is 0 Å². The first-order valence-corrected chi connectivity index (χ1v) is 5.25. The van der Waals surface area contributed by atoms with Crippen LogP contribution in [0.5, 0.6) is 0 Å². The van der Waals surface area contributed by atoms with Crippen molar-refractivity contribution in [3.8, 4) is 0 Å². The van der Waals surface area contributed by atoms with E-state index in [-0.39, 0.29) is 0 Å². The lowest BCUT2D eigenvalue weighted by Gasteiger charge is -2.13. The normalized spacial score (nSPS) is 10.7. The summed E-state index contributed by atoms with van der Waals surface area (Å²) >= 11 is 0. The Morgan fingerprint density at radius 2 is 1.92 bits per heavy atom. The fraction of sp³-hybridized carbons (Fsp3) is 0.818. The van der Waals surface area contributed by atoms with Gasteiger partial charge < -0.3 is 10.2 Å². The fourth-order valence-corrected chi connectivity index (χ4v) is 1.35. The number of hydrogen-bond donors (Lipinski definition) is 1. The predicted molar refractivity (Wildman–Crippen MR) is 60.1 cm³/mol. The lowest BCUT2D eigenvalue weighted by molar-refractivity contribution is 0.356. The van der Waals surface area contributed by atoms with Crippen molar-refractivity contribution in [1.29, 1.82) is 0 Å². The Bertz CT molecular complexity index is 113. The van der Waals surface area contributed by atoms with Crippen LogP contribution in [0.1, 0.15) is 25.7 Å². The van der Waals surface area contributed by atoms with Gasteiger partial charge in [0.15, 0.2) is 0 Å². The standard InChI is InChI=1S/C11H24N2/c1-4-10-13(3)11-8-6-5-7-9-12-2/h4,12H,1,5-11H2,2-3H3. The predicted octanol–water partition coefficient (Wildman–Crippen LogP) is 1.88. The van der Waals surface area contributed by atoms with Gasteiger partial charge in [-0.1, -0.05) is 18.9 Å². The minimum atomic E-state index is 1.01. The molecule has 0 bridgehead atoms. The van der Waals surface area contributed by atoms with E-state index in [0.717, 1.165) is 13.1 Å². The molecule has 1 N–H and O–H groups in total. The van der Waals surface area contributed by atoms with Gasteiger partial charge in [-0.15, -0.1) is 6.58 Å². The second kappa shape index (κ2) is 9.75. The molecule has 0 aliphatic rings. The highest BCUT2D eigenvalue weighted by atomic mass is 15.1. The maximum absolute atomic E-state index is 3.72. The van der Waals surface area contributed by atoms with Gasteiger partial charge in [0, 0.05) is 6.54 Å². The van der Waals surface area contributed by atoms with Crippen LogP contribution >= 0.6 is 0 Å². The lowest BCUT2D eigenvalue weighted by atomic mass is 10.2. The molecule has 0 unspecified atom stereocenters. The molecular formula is C11H24N2. The first-order chi connectivity index (χ1) is 6.31. The van der Waals surface area contributed by atoms with Gasteiger partial charge in [-0.05, 0) is 40.0 Å². The van der Waals surface area contributed by atoms with Crippen molar-refractivity contribution in [2.75, 3.05) is 33.7 Å². The van der Waals surface area contributed by atoms with E-state index < -0.39 is 0 Å². The van der Waals surface area contributed by atoms with Crippen molar-refractivity contribution in [2.45, 2.75) is 25.7 Å². The number of unbranched alkanes of at least 4 members (excludes halogenated alkanes) is 3. The van der Waals surface area contributed by atoms with Crippen LogP contribution in [-0.2, 0) is 0 Å². The van der Waals surface area contributed by atoms with Crippen LogP contribution in [0.2, 0.25) is 0 Å². The molecule has 0 aliphatic carbocycles. The Hall–Kier alpha value is -0.340. The molecule has 13 heavy (non-hydrogen) atoms. The highest BCUT2D eigenvalue weighted by molar-refractivity contribution is 4.70. The van der Waals surface area contributed by atoms with Crippen LogP contribution in [0, 0.1) is 0 Å². The van der Waals surface area contributed by atoms with E-state index >= 15 is 0 Å². The molecule has 78 valence electrons. The summed E-state index contributed by atoms with van der Waals surface area (Å²) in [4.78, 5) is 2.31. The molecule has 2 heteroatoms. The number of nitrogens with one attached hydrogen (secondary N) is 1. The van der Waals surface area contributed by atoms with Crippen LogP contribution in [0.4, 0.5) is 0 Å². The Kier molecular flexibility index (Phi) is 9.49. The van der Waals surface area contributed by atoms with Crippen LogP contribution in [0.15, 0.2) is 12.7 Å².